The maximum atomic E-state index is 14.4. The van der Waals surface area contributed by atoms with Crippen LogP contribution in [0, 0.1) is 0 Å². The number of H-pyrrole nitrogens is 1. The molecular weight excluding hydrogens is 900 g/mol. The third kappa shape index (κ3) is 11.4. The molecule has 1 unspecified atom stereocenters. The number of benzene rings is 4. The fourth-order valence-corrected chi connectivity index (χ4v) is 9.64. The number of hydrogen-bond acceptors (Lipinski definition) is 10. The van der Waals surface area contributed by atoms with Crippen molar-refractivity contribution < 1.29 is 38.3 Å². The summed E-state index contributed by atoms with van der Waals surface area (Å²) in [6.07, 6.45) is 6.19. The van der Waals surface area contributed by atoms with E-state index in [-0.39, 0.29) is 41.8 Å². The Morgan fingerprint density at radius 1 is 0.826 bits per heavy atom. The number of likely N-dealkylation sites (N-methyl/N-ethyl adjacent to an activating group) is 1. The molecule has 5 aromatic rings. The van der Waals surface area contributed by atoms with Crippen LogP contribution in [0.1, 0.15) is 95.2 Å². The lowest BCUT2D eigenvalue weighted by molar-refractivity contribution is -0.137. The van der Waals surface area contributed by atoms with Crippen molar-refractivity contribution in [1.29, 1.82) is 0 Å². The van der Waals surface area contributed by atoms with Crippen LogP contribution in [-0.2, 0) is 19.2 Å². The summed E-state index contributed by atoms with van der Waals surface area (Å²) in [6, 6.07) is 22.3. The highest BCUT2D eigenvalue weighted by Gasteiger charge is 2.38. The molecule has 1 aliphatic carbocycles. The first-order valence-corrected chi connectivity index (χ1v) is 24.1. The van der Waals surface area contributed by atoms with Gasteiger partial charge in [-0.15, -0.1) is 11.6 Å². The molecule has 1 saturated heterocycles. The summed E-state index contributed by atoms with van der Waals surface area (Å²) in [5, 5.41) is 11.0. The standard InChI is InChI=1S/C52H57ClN8O8/c1-59-23-25-60(26-24-59)52(68)69-44-30-39-40(28-34(31-53)48(39)38-10-5-4-9-37(38)44)49(65)43-29-33-27-36(17-18-41(33)57-43)56-50(66)32-13-15-35(16-14-32)55-51(67)42(11-6-7-21-54)58-45(62)12-3-2-8-22-61-46(63)19-20-47(61)64/h4-5,9-10,13-20,27,29-30,34,40,42,57H,2-3,6-8,11-12,21-26,28,31,54H2,1H3,(H,55,67)(H,56,66)(H,58,62)/t34-,40?,42-/m0/s1. The Hall–Kier alpha value is -6.88. The maximum absolute atomic E-state index is 14.4. The van der Waals surface area contributed by atoms with Crippen LogP contribution in [0.15, 0.2) is 91.0 Å². The molecule has 360 valence electrons. The average Bonchev–Trinajstić information content (AvgIpc) is 4.05. The predicted octanol–water partition coefficient (Wildman–Crippen LogP) is 7.05. The summed E-state index contributed by atoms with van der Waals surface area (Å²) in [5.41, 5.74) is 9.89. The first-order valence-electron chi connectivity index (χ1n) is 23.6. The fraction of sp³-hybridized carbons (Fsp3) is 0.365. The van der Waals surface area contributed by atoms with Crippen LogP contribution in [0.3, 0.4) is 0 Å². The highest BCUT2D eigenvalue weighted by molar-refractivity contribution is 6.19. The molecule has 0 spiro atoms. The monoisotopic (exact) mass is 956 g/mol. The highest BCUT2D eigenvalue weighted by Crippen LogP contribution is 2.49. The number of aromatic amines is 1. The zero-order valence-electron chi connectivity index (χ0n) is 38.6. The van der Waals surface area contributed by atoms with Gasteiger partial charge in [0.1, 0.15) is 11.8 Å². The van der Waals surface area contributed by atoms with Crippen LogP contribution >= 0.6 is 11.6 Å². The van der Waals surface area contributed by atoms with E-state index < -0.39 is 24.0 Å². The highest BCUT2D eigenvalue weighted by atomic mass is 35.5. The van der Waals surface area contributed by atoms with Crippen molar-refractivity contribution in [1.82, 2.24) is 25.0 Å². The van der Waals surface area contributed by atoms with Gasteiger partial charge in [-0.2, -0.15) is 0 Å². The van der Waals surface area contributed by atoms with E-state index in [0.717, 1.165) is 40.4 Å². The van der Waals surface area contributed by atoms with E-state index in [1.54, 1.807) is 53.4 Å². The summed E-state index contributed by atoms with van der Waals surface area (Å²) in [7, 11) is 2.02. The lowest BCUT2D eigenvalue weighted by atomic mass is 9.92. The van der Waals surface area contributed by atoms with E-state index in [9.17, 15) is 33.6 Å². The minimum absolute atomic E-state index is 0.0861. The zero-order chi connectivity index (χ0) is 48.6. The van der Waals surface area contributed by atoms with Gasteiger partial charge in [-0.25, -0.2) is 4.79 Å². The van der Waals surface area contributed by atoms with E-state index >= 15 is 0 Å². The van der Waals surface area contributed by atoms with Gasteiger partial charge in [0, 0.05) is 96.3 Å². The number of rotatable bonds is 19. The number of amides is 6. The van der Waals surface area contributed by atoms with Crippen molar-refractivity contribution in [2.75, 3.05) is 62.8 Å². The second-order valence-electron chi connectivity index (χ2n) is 18.0. The number of nitrogens with one attached hydrogen (secondary N) is 4. The lowest BCUT2D eigenvalue weighted by Crippen LogP contribution is -2.48. The van der Waals surface area contributed by atoms with Gasteiger partial charge in [0.2, 0.25) is 11.8 Å². The lowest BCUT2D eigenvalue weighted by Gasteiger charge is -2.31. The van der Waals surface area contributed by atoms with Gasteiger partial charge >= 0.3 is 6.09 Å². The second-order valence-corrected chi connectivity index (χ2v) is 18.3. The van der Waals surface area contributed by atoms with Crippen LogP contribution in [0.2, 0.25) is 0 Å². The van der Waals surface area contributed by atoms with Crippen molar-refractivity contribution in [3.05, 3.63) is 113 Å². The van der Waals surface area contributed by atoms with Crippen LogP contribution < -0.4 is 26.4 Å². The molecule has 17 heteroatoms. The van der Waals surface area contributed by atoms with E-state index in [1.165, 1.54) is 17.1 Å². The molecule has 3 atom stereocenters. The van der Waals surface area contributed by atoms with Gasteiger partial charge in [0.15, 0.2) is 5.78 Å². The van der Waals surface area contributed by atoms with Crippen molar-refractivity contribution in [2.45, 2.75) is 69.2 Å². The number of nitrogens with two attached hydrogens (primary N) is 1. The molecule has 6 N–H and O–H groups in total. The number of ether oxygens (including phenoxy) is 1. The second kappa shape index (κ2) is 22.0. The molecule has 3 heterocycles. The molecule has 4 aromatic carbocycles. The number of alkyl halides is 1. The molecule has 0 saturated carbocycles. The Bertz CT molecular complexity index is 2780. The zero-order valence-corrected chi connectivity index (χ0v) is 39.3. The first kappa shape index (κ1) is 48.6. The summed E-state index contributed by atoms with van der Waals surface area (Å²) < 4.78 is 6.08. The van der Waals surface area contributed by atoms with Crippen LogP contribution in [0.5, 0.6) is 5.75 Å². The molecule has 8 rings (SSSR count). The Labute approximate surface area is 404 Å². The fourth-order valence-electron chi connectivity index (χ4n) is 9.36. The van der Waals surface area contributed by atoms with Crippen LogP contribution in [0.4, 0.5) is 16.2 Å². The number of unbranched alkanes of at least 4 members (excludes halogenated alkanes) is 3. The topological polar surface area (TPSA) is 216 Å². The molecular formula is C52H57ClN8O8. The third-order valence-corrected chi connectivity index (χ3v) is 13.6. The molecule has 0 radical (unpaired) electrons. The molecule has 2 aliphatic heterocycles. The molecule has 6 amide bonds. The number of halogens is 1. The van der Waals surface area contributed by atoms with Crippen molar-refractivity contribution in [3.8, 4) is 5.75 Å². The summed E-state index contributed by atoms with van der Waals surface area (Å²) in [5.74, 6) is -1.73. The molecule has 0 bridgehead atoms. The summed E-state index contributed by atoms with van der Waals surface area (Å²) in [4.78, 5) is 99.3. The molecule has 16 nitrogen and oxygen atoms in total. The van der Waals surface area contributed by atoms with E-state index in [1.807, 2.05) is 37.4 Å². The summed E-state index contributed by atoms with van der Waals surface area (Å²) >= 11 is 6.57. The number of Topliss-reactive ketones (excluding diaryl/α,β-unsaturated/α-hetero) is 1. The SMILES string of the molecule is CN1CCN(C(=O)Oc2cc3c(c4ccccc24)[C@H](CCl)CC3C(=O)c2cc3cc(NC(=O)c4ccc(NC(=O)[C@H](CCCCN)NC(=O)CCCCCN5C(=O)C=CC5=O)cc4)ccc3[nH]2)CC1. The number of nitrogens with zero attached hydrogens (tertiary/aromatic N) is 3. The van der Waals surface area contributed by atoms with Crippen LogP contribution in [0.25, 0.3) is 21.7 Å². The Kier molecular flexibility index (Phi) is 15.5. The minimum atomic E-state index is -0.800. The number of aromatic nitrogens is 1. The number of ketones is 1. The summed E-state index contributed by atoms with van der Waals surface area (Å²) in [6.45, 7) is 3.39. The van der Waals surface area contributed by atoms with E-state index in [2.05, 4.69) is 25.8 Å². The predicted molar refractivity (Wildman–Crippen MR) is 265 cm³/mol. The number of piperazine rings is 1. The largest absolute Gasteiger partial charge is 0.415 e. The first-order chi connectivity index (χ1) is 33.4. The van der Waals surface area contributed by atoms with Gasteiger partial charge in [-0.05, 0) is 129 Å². The van der Waals surface area contributed by atoms with Crippen molar-refractivity contribution in [3.63, 3.8) is 0 Å². The quantitative estimate of drug-likeness (QED) is 0.0246. The number of carbonyl (C=O) groups excluding carboxylic acids is 7. The number of anilines is 2. The van der Waals surface area contributed by atoms with Gasteiger partial charge in [0.05, 0.1) is 5.69 Å². The number of imide groups is 1. The Balaban J connectivity index is 0.885. The van der Waals surface area contributed by atoms with Crippen molar-refractivity contribution in [2.24, 2.45) is 5.73 Å². The van der Waals surface area contributed by atoms with Gasteiger partial charge < -0.3 is 41.2 Å². The average molecular weight is 958 g/mol. The van der Waals surface area contributed by atoms with Crippen molar-refractivity contribution >= 4 is 86.1 Å². The van der Waals surface area contributed by atoms with Crippen LogP contribution in [-0.4, -0.2) is 119 Å². The van der Waals surface area contributed by atoms with Gasteiger partial charge in [-0.1, -0.05) is 30.7 Å². The smallest absolute Gasteiger partial charge is 0.410 e. The molecule has 69 heavy (non-hydrogen) atoms. The minimum Gasteiger partial charge on any atom is -0.410 e. The van der Waals surface area contributed by atoms with Gasteiger partial charge in [0.25, 0.3) is 17.7 Å². The molecule has 1 aromatic heterocycles. The normalized spacial score (nSPS) is 17.3. The Morgan fingerprint density at radius 2 is 1.55 bits per heavy atom. The van der Waals surface area contributed by atoms with Gasteiger partial charge in [-0.3, -0.25) is 33.7 Å². The number of hydrogen-bond donors (Lipinski definition) is 5. The number of carbonyl (C=O) groups is 7. The third-order valence-electron chi connectivity index (χ3n) is 13.2. The number of fused-ring (bicyclic) bond motifs is 4. The maximum Gasteiger partial charge on any atom is 0.415 e. The Morgan fingerprint density at radius 3 is 2.28 bits per heavy atom. The molecule has 1 fully saturated rings. The van der Waals surface area contributed by atoms with E-state index in [0.29, 0.717) is 111 Å². The molecule has 3 aliphatic rings. The van der Waals surface area contributed by atoms with E-state index in [4.69, 9.17) is 22.1 Å².